The molecule has 2 aromatic rings. The maximum Gasteiger partial charge on any atom is 0.242 e. The van der Waals surface area contributed by atoms with E-state index in [-0.39, 0.29) is 18.2 Å². The number of nitrogens with zero attached hydrogens (tertiary/aromatic N) is 1. The van der Waals surface area contributed by atoms with Gasteiger partial charge >= 0.3 is 0 Å². The Morgan fingerprint density at radius 2 is 1.63 bits per heavy atom. The summed E-state index contributed by atoms with van der Waals surface area (Å²) in [5, 5.41) is 2.63. The van der Waals surface area contributed by atoms with Gasteiger partial charge in [0, 0.05) is 13.6 Å². The first-order valence-corrected chi connectivity index (χ1v) is 9.05. The molecular weight excluding hydrogens is 340 g/mol. The molecule has 1 atom stereocenters. The molecule has 0 aliphatic carbocycles. The number of carbonyl (C=O) groups is 2. The van der Waals surface area contributed by atoms with E-state index in [9.17, 15) is 9.59 Å². The maximum absolute atomic E-state index is 13.0. The minimum absolute atomic E-state index is 0.0769. The van der Waals surface area contributed by atoms with Gasteiger partial charge in [-0.15, -0.1) is 0 Å². The molecule has 0 spiro atoms. The van der Waals surface area contributed by atoms with Crippen molar-refractivity contribution in [3.8, 4) is 5.75 Å². The van der Waals surface area contributed by atoms with Gasteiger partial charge in [0.1, 0.15) is 11.8 Å². The van der Waals surface area contributed by atoms with Crippen LogP contribution in [-0.4, -0.2) is 36.9 Å². The molecule has 0 saturated carbocycles. The second-order valence-electron chi connectivity index (χ2n) is 6.83. The Morgan fingerprint density at radius 1 is 1.04 bits per heavy atom. The molecule has 27 heavy (non-hydrogen) atoms. The molecule has 0 saturated heterocycles. The van der Waals surface area contributed by atoms with Gasteiger partial charge in [-0.05, 0) is 44.0 Å². The molecule has 0 radical (unpaired) electrons. The molecule has 0 aliphatic rings. The summed E-state index contributed by atoms with van der Waals surface area (Å²) in [5.74, 6) is 0.496. The van der Waals surface area contributed by atoms with Crippen molar-refractivity contribution in [2.75, 3.05) is 14.2 Å². The summed E-state index contributed by atoms with van der Waals surface area (Å²) in [4.78, 5) is 26.9. The van der Waals surface area contributed by atoms with Gasteiger partial charge in [0.05, 0.1) is 13.5 Å². The Kier molecular flexibility index (Phi) is 6.99. The minimum atomic E-state index is -0.560. The largest absolute Gasteiger partial charge is 0.497 e. The van der Waals surface area contributed by atoms with E-state index in [1.807, 2.05) is 50.2 Å². The van der Waals surface area contributed by atoms with E-state index < -0.39 is 6.04 Å². The van der Waals surface area contributed by atoms with Gasteiger partial charge < -0.3 is 15.0 Å². The van der Waals surface area contributed by atoms with Crippen LogP contribution in [-0.2, 0) is 22.6 Å². The number of hydrogen-bond donors (Lipinski definition) is 1. The molecule has 1 N–H and O–H groups in total. The Bertz CT molecular complexity index is 779. The molecule has 144 valence electrons. The third-order valence-corrected chi connectivity index (χ3v) is 4.56. The number of hydrogen-bond acceptors (Lipinski definition) is 3. The molecule has 0 fully saturated rings. The third kappa shape index (κ3) is 5.58. The van der Waals surface area contributed by atoms with Crippen molar-refractivity contribution in [2.24, 2.45) is 0 Å². The number of amides is 2. The molecule has 2 rings (SSSR count). The summed E-state index contributed by atoms with van der Waals surface area (Å²) in [6.45, 7) is 6.15. The number of rotatable bonds is 7. The highest BCUT2D eigenvalue weighted by Gasteiger charge is 2.25. The fraction of sp³-hybridized carbons (Fsp3) is 0.364. The Balaban J connectivity index is 2.24. The summed E-state index contributed by atoms with van der Waals surface area (Å²) in [5.41, 5.74) is 4.15. The summed E-state index contributed by atoms with van der Waals surface area (Å²) in [6, 6.07) is 13.1. The topological polar surface area (TPSA) is 58.6 Å². The van der Waals surface area contributed by atoms with Crippen LogP contribution < -0.4 is 10.1 Å². The highest BCUT2D eigenvalue weighted by molar-refractivity contribution is 5.88. The zero-order valence-corrected chi connectivity index (χ0v) is 16.7. The van der Waals surface area contributed by atoms with Gasteiger partial charge in [-0.2, -0.15) is 0 Å². The zero-order chi connectivity index (χ0) is 20.0. The summed E-state index contributed by atoms with van der Waals surface area (Å²) in [6.07, 6.45) is 0.264. The lowest BCUT2D eigenvalue weighted by Crippen LogP contribution is -2.47. The normalized spacial score (nSPS) is 11.6. The number of aryl methyl sites for hydroxylation is 2. The monoisotopic (exact) mass is 368 g/mol. The van der Waals surface area contributed by atoms with Crippen LogP contribution in [0.4, 0.5) is 0 Å². The lowest BCUT2D eigenvalue weighted by Gasteiger charge is -2.28. The van der Waals surface area contributed by atoms with Crippen LogP contribution in [0.3, 0.4) is 0 Å². The van der Waals surface area contributed by atoms with E-state index in [1.54, 1.807) is 26.0 Å². The first kappa shape index (κ1) is 20.5. The highest BCUT2D eigenvalue weighted by atomic mass is 16.5. The maximum atomic E-state index is 13.0. The van der Waals surface area contributed by atoms with E-state index in [0.717, 1.165) is 28.0 Å². The van der Waals surface area contributed by atoms with Crippen LogP contribution in [0.25, 0.3) is 0 Å². The van der Waals surface area contributed by atoms with E-state index >= 15 is 0 Å². The molecule has 5 nitrogen and oxygen atoms in total. The molecule has 1 unspecified atom stereocenters. The van der Waals surface area contributed by atoms with E-state index in [0.29, 0.717) is 6.54 Å². The summed E-state index contributed by atoms with van der Waals surface area (Å²) in [7, 11) is 3.20. The predicted molar refractivity (Wildman–Crippen MR) is 107 cm³/mol. The molecule has 0 bridgehead atoms. The number of ether oxygens (including phenoxy) is 1. The first-order valence-electron chi connectivity index (χ1n) is 9.05. The fourth-order valence-corrected chi connectivity index (χ4v) is 3.17. The van der Waals surface area contributed by atoms with Gasteiger partial charge in [-0.25, -0.2) is 0 Å². The predicted octanol–water partition coefficient (Wildman–Crippen LogP) is 3.02. The average Bonchev–Trinajstić information content (AvgIpc) is 2.64. The molecule has 0 aromatic heterocycles. The van der Waals surface area contributed by atoms with Crippen molar-refractivity contribution < 1.29 is 14.3 Å². The lowest BCUT2D eigenvalue weighted by atomic mass is 10.0. The highest BCUT2D eigenvalue weighted by Crippen LogP contribution is 2.17. The Hall–Kier alpha value is -2.82. The number of carbonyl (C=O) groups excluding carboxylic acids is 2. The van der Waals surface area contributed by atoms with E-state index in [4.69, 9.17) is 4.74 Å². The fourth-order valence-electron chi connectivity index (χ4n) is 3.17. The third-order valence-electron chi connectivity index (χ3n) is 4.56. The first-order chi connectivity index (χ1) is 12.8. The van der Waals surface area contributed by atoms with Crippen LogP contribution >= 0.6 is 0 Å². The molecule has 0 heterocycles. The SMILES string of the molecule is CNC(=O)C(C)N(Cc1ccc(OC)cc1)C(=O)Cc1cc(C)cc(C)c1. The molecule has 5 heteroatoms. The van der Waals surface area contributed by atoms with Gasteiger partial charge in [0.2, 0.25) is 11.8 Å². The molecule has 2 amide bonds. The summed E-state index contributed by atoms with van der Waals surface area (Å²) >= 11 is 0. The molecule has 2 aromatic carbocycles. The van der Waals surface area contributed by atoms with Crippen molar-refractivity contribution in [1.29, 1.82) is 0 Å². The Labute approximate surface area is 161 Å². The molecule has 0 aliphatic heterocycles. The van der Waals surface area contributed by atoms with Crippen LogP contribution in [0.15, 0.2) is 42.5 Å². The number of nitrogens with one attached hydrogen (secondary N) is 1. The second kappa shape index (κ2) is 9.21. The van der Waals surface area contributed by atoms with E-state index in [2.05, 4.69) is 11.4 Å². The number of benzene rings is 2. The van der Waals surface area contributed by atoms with Gasteiger partial charge in [0.25, 0.3) is 0 Å². The van der Waals surface area contributed by atoms with Crippen LogP contribution in [0, 0.1) is 13.8 Å². The summed E-state index contributed by atoms with van der Waals surface area (Å²) < 4.78 is 5.18. The van der Waals surface area contributed by atoms with Crippen LogP contribution in [0.5, 0.6) is 5.75 Å². The van der Waals surface area contributed by atoms with Gasteiger partial charge in [-0.1, -0.05) is 41.5 Å². The number of likely N-dealkylation sites (N-methyl/N-ethyl adjacent to an activating group) is 1. The van der Waals surface area contributed by atoms with E-state index in [1.165, 1.54) is 0 Å². The van der Waals surface area contributed by atoms with Gasteiger partial charge in [0.15, 0.2) is 0 Å². The van der Waals surface area contributed by atoms with Gasteiger partial charge in [-0.3, -0.25) is 9.59 Å². The average molecular weight is 368 g/mol. The Morgan fingerprint density at radius 3 is 2.15 bits per heavy atom. The standard InChI is InChI=1S/C22H28N2O3/c1-15-10-16(2)12-19(11-15)13-21(25)24(17(3)22(26)23-4)14-18-6-8-20(27-5)9-7-18/h6-12,17H,13-14H2,1-5H3,(H,23,26). The zero-order valence-electron chi connectivity index (χ0n) is 16.7. The van der Waals surface area contributed by atoms with Crippen LogP contribution in [0.2, 0.25) is 0 Å². The van der Waals surface area contributed by atoms with Crippen molar-refractivity contribution in [3.05, 3.63) is 64.7 Å². The lowest BCUT2D eigenvalue weighted by molar-refractivity contribution is -0.139. The van der Waals surface area contributed by atoms with Crippen molar-refractivity contribution in [3.63, 3.8) is 0 Å². The van der Waals surface area contributed by atoms with Crippen LogP contribution in [0.1, 0.15) is 29.2 Å². The van der Waals surface area contributed by atoms with Crippen molar-refractivity contribution >= 4 is 11.8 Å². The minimum Gasteiger partial charge on any atom is -0.497 e. The quantitative estimate of drug-likeness (QED) is 0.817. The van der Waals surface area contributed by atoms with Crippen molar-refractivity contribution in [2.45, 2.75) is 39.8 Å². The van der Waals surface area contributed by atoms with Crippen molar-refractivity contribution in [1.82, 2.24) is 10.2 Å². The molecular formula is C22H28N2O3. The number of methoxy groups -OCH3 is 1. The smallest absolute Gasteiger partial charge is 0.242 e. The second-order valence-corrected chi connectivity index (χ2v) is 6.83.